The SMILES string of the molecule is COc1ccc(C(=O)C=C(C)NN=C(C(=O)c2ccccc2)c2ccccc2)cc1. The number of hydrogen-bond acceptors (Lipinski definition) is 5. The number of carbonyl (C=O) groups excluding carboxylic acids is 2. The van der Waals surface area contributed by atoms with Gasteiger partial charge in [-0.3, -0.25) is 15.0 Å². The molecule has 0 unspecified atom stereocenters. The molecule has 0 amide bonds. The average Bonchev–Trinajstić information content (AvgIpc) is 2.80. The molecule has 0 bridgehead atoms. The van der Waals surface area contributed by atoms with Crippen molar-refractivity contribution in [3.05, 3.63) is 113 Å². The van der Waals surface area contributed by atoms with Crippen LogP contribution < -0.4 is 10.2 Å². The number of Topliss-reactive ketones (excluding diaryl/α,β-unsaturated/α-hetero) is 1. The highest BCUT2D eigenvalue weighted by Crippen LogP contribution is 2.13. The first-order valence-corrected chi connectivity index (χ1v) is 9.44. The van der Waals surface area contributed by atoms with Gasteiger partial charge in [0.05, 0.1) is 7.11 Å². The first-order chi connectivity index (χ1) is 14.6. The number of benzene rings is 3. The molecular weight excluding hydrogens is 376 g/mol. The monoisotopic (exact) mass is 398 g/mol. The molecule has 0 radical (unpaired) electrons. The molecule has 0 aliphatic heterocycles. The van der Waals surface area contributed by atoms with Gasteiger partial charge in [-0.05, 0) is 31.2 Å². The van der Waals surface area contributed by atoms with Gasteiger partial charge < -0.3 is 4.74 Å². The van der Waals surface area contributed by atoms with Gasteiger partial charge in [-0.15, -0.1) is 0 Å². The van der Waals surface area contributed by atoms with Crippen molar-refractivity contribution in [1.82, 2.24) is 5.43 Å². The van der Waals surface area contributed by atoms with Gasteiger partial charge in [-0.1, -0.05) is 60.7 Å². The fourth-order valence-corrected chi connectivity index (χ4v) is 2.78. The molecule has 0 aliphatic rings. The van der Waals surface area contributed by atoms with Gasteiger partial charge in [0.15, 0.2) is 5.78 Å². The first kappa shape index (κ1) is 20.7. The molecule has 0 heterocycles. The molecule has 3 aromatic carbocycles. The van der Waals surface area contributed by atoms with Gasteiger partial charge in [0, 0.05) is 28.5 Å². The topological polar surface area (TPSA) is 67.8 Å². The van der Waals surface area contributed by atoms with E-state index in [-0.39, 0.29) is 17.3 Å². The predicted molar refractivity (Wildman–Crippen MR) is 118 cm³/mol. The van der Waals surface area contributed by atoms with Crippen LogP contribution in [-0.2, 0) is 0 Å². The summed E-state index contributed by atoms with van der Waals surface area (Å²) in [6.07, 6.45) is 1.45. The summed E-state index contributed by atoms with van der Waals surface area (Å²) in [5.41, 5.74) is 5.39. The van der Waals surface area contributed by atoms with E-state index in [0.717, 1.165) is 0 Å². The van der Waals surface area contributed by atoms with Gasteiger partial charge >= 0.3 is 0 Å². The minimum atomic E-state index is -0.205. The van der Waals surface area contributed by atoms with Crippen LogP contribution in [0.3, 0.4) is 0 Å². The van der Waals surface area contributed by atoms with Gasteiger partial charge in [0.25, 0.3) is 0 Å². The highest BCUT2D eigenvalue weighted by atomic mass is 16.5. The molecule has 5 nitrogen and oxygen atoms in total. The number of hydrazone groups is 1. The van der Waals surface area contributed by atoms with E-state index in [0.29, 0.717) is 28.1 Å². The van der Waals surface area contributed by atoms with Crippen LogP contribution in [0.1, 0.15) is 33.2 Å². The zero-order valence-corrected chi connectivity index (χ0v) is 16.8. The summed E-state index contributed by atoms with van der Waals surface area (Å²) < 4.78 is 5.11. The Bertz CT molecular complexity index is 1070. The van der Waals surface area contributed by atoms with Crippen molar-refractivity contribution < 1.29 is 14.3 Å². The largest absolute Gasteiger partial charge is 0.497 e. The molecule has 3 rings (SSSR count). The zero-order valence-electron chi connectivity index (χ0n) is 16.8. The van der Waals surface area contributed by atoms with Crippen LogP contribution in [0.4, 0.5) is 0 Å². The minimum Gasteiger partial charge on any atom is -0.497 e. The molecule has 0 atom stereocenters. The van der Waals surface area contributed by atoms with Crippen LogP contribution in [0.15, 0.2) is 102 Å². The maximum Gasteiger partial charge on any atom is 0.213 e. The summed E-state index contributed by atoms with van der Waals surface area (Å²) >= 11 is 0. The number of carbonyl (C=O) groups is 2. The fourth-order valence-electron chi connectivity index (χ4n) is 2.78. The number of nitrogens with zero attached hydrogens (tertiary/aromatic N) is 1. The Morgan fingerprint density at radius 1 is 0.800 bits per heavy atom. The zero-order chi connectivity index (χ0) is 21.3. The third-order valence-corrected chi connectivity index (χ3v) is 4.36. The van der Waals surface area contributed by atoms with Crippen LogP contribution in [0, 0.1) is 0 Å². The lowest BCUT2D eigenvalue weighted by Crippen LogP contribution is -2.20. The van der Waals surface area contributed by atoms with Crippen molar-refractivity contribution in [3.63, 3.8) is 0 Å². The van der Waals surface area contributed by atoms with Crippen molar-refractivity contribution in [2.24, 2.45) is 5.10 Å². The van der Waals surface area contributed by atoms with Crippen LogP contribution >= 0.6 is 0 Å². The molecule has 0 saturated carbocycles. The molecule has 150 valence electrons. The Hall–Kier alpha value is -3.99. The van der Waals surface area contributed by atoms with E-state index < -0.39 is 0 Å². The van der Waals surface area contributed by atoms with Crippen LogP contribution in [0.5, 0.6) is 5.75 Å². The number of nitrogens with one attached hydrogen (secondary N) is 1. The summed E-state index contributed by atoms with van der Waals surface area (Å²) in [5.74, 6) is 0.305. The van der Waals surface area contributed by atoms with E-state index in [1.807, 2.05) is 48.5 Å². The maximum absolute atomic E-state index is 13.0. The molecule has 3 aromatic rings. The van der Waals surface area contributed by atoms with Crippen molar-refractivity contribution in [3.8, 4) is 5.75 Å². The molecule has 0 aliphatic carbocycles. The van der Waals surface area contributed by atoms with E-state index in [1.165, 1.54) is 6.08 Å². The van der Waals surface area contributed by atoms with Crippen molar-refractivity contribution >= 4 is 17.3 Å². The quantitative estimate of drug-likeness (QED) is 0.259. The standard InChI is InChI=1S/C25H22N2O3/c1-18(17-23(28)19-13-15-22(30-2)16-14-19)26-27-24(20-9-5-3-6-10-20)25(29)21-11-7-4-8-12-21/h3-17,26H,1-2H3. The molecule has 1 N–H and O–H groups in total. The smallest absolute Gasteiger partial charge is 0.213 e. The number of methoxy groups -OCH3 is 1. The molecule has 0 saturated heterocycles. The summed E-state index contributed by atoms with van der Waals surface area (Å²) in [6.45, 7) is 1.72. The highest BCUT2D eigenvalue weighted by molar-refractivity contribution is 6.51. The second-order valence-electron chi connectivity index (χ2n) is 6.55. The Kier molecular flexibility index (Phi) is 6.90. The lowest BCUT2D eigenvalue weighted by molar-refractivity contribution is 0.104. The number of hydrogen-bond donors (Lipinski definition) is 1. The maximum atomic E-state index is 13.0. The van der Waals surface area contributed by atoms with E-state index >= 15 is 0 Å². The van der Waals surface area contributed by atoms with Gasteiger partial charge in [-0.2, -0.15) is 5.10 Å². The van der Waals surface area contributed by atoms with E-state index in [4.69, 9.17) is 4.74 Å². The molecular formula is C25H22N2O3. The third-order valence-electron chi connectivity index (χ3n) is 4.36. The average molecular weight is 398 g/mol. The van der Waals surface area contributed by atoms with Gasteiger partial charge in [-0.25, -0.2) is 0 Å². The van der Waals surface area contributed by atoms with Gasteiger partial charge in [0.1, 0.15) is 11.5 Å². The number of ether oxygens (including phenoxy) is 1. The highest BCUT2D eigenvalue weighted by Gasteiger charge is 2.16. The Morgan fingerprint density at radius 2 is 1.37 bits per heavy atom. The normalized spacial score (nSPS) is 11.7. The summed E-state index contributed by atoms with van der Waals surface area (Å²) in [4.78, 5) is 25.4. The third kappa shape index (κ3) is 5.29. The van der Waals surface area contributed by atoms with Crippen LogP contribution in [-0.4, -0.2) is 24.4 Å². The van der Waals surface area contributed by atoms with Crippen molar-refractivity contribution in [2.75, 3.05) is 7.11 Å². The molecule has 0 spiro atoms. The molecule has 5 heteroatoms. The summed E-state index contributed by atoms with van der Waals surface area (Å²) in [5, 5.41) is 4.32. The molecule has 0 fully saturated rings. The number of rotatable bonds is 8. The minimum absolute atomic E-state index is 0.173. The van der Waals surface area contributed by atoms with E-state index in [9.17, 15) is 9.59 Å². The predicted octanol–water partition coefficient (Wildman–Crippen LogP) is 4.66. The fraction of sp³-hybridized carbons (Fsp3) is 0.0800. The lowest BCUT2D eigenvalue weighted by Gasteiger charge is -2.08. The van der Waals surface area contributed by atoms with E-state index in [1.54, 1.807) is 50.4 Å². The van der Waals surface area contributed by atoms with Crippen LogP contribution in [0.2, 0.25) is 0 Å². The Balaban J connectivity index is 1.83. The van der Waals surface area contributed by atoms with Crippen molar-refractivity contribution in [1.29, 1.82) is 0 Å². The summed E-state index contributed by atoms with van der Waals surface area (Å²) in [7, 11) is 1.57. The van der Waals surface area contributed by atoms with E-state index in [2.05, 4.69) is 10.5 Å². The Morgan fingerprint density at radius 3 is 1.93 bits per heavy atom. The summed E-state index contributed by atoms with van der Waals surface area (Å²) in [6, 6.07) is 25.0. The van der Waals surface area contributed by atoms with Crippen molar-refractivity contribution in [2.45, 2.75) is 6.92 Å². The lowest BCUT2D eigenvalue weighted by atomic mass is 10.0. The second kappa shape index (κ2) is 9.98. The number of ketones is 2. The van der Waals surface area contributed by atoms with Crippen LogP contribution in [0.25, 0.3) is 0 Å². The second-order valence-corrected chi connectivity index (χ2v) is 6.55. The first-order valence-electron chi connectivity index (χ1n) is 9.44. The number of allylic oxidation sites excluding steroid dienone is 2. The molecule has 0 aromatic heterocycles. The van der Waals surface area contributed by atoms with Gasteiger partial charge in [0.2, 0.25) is 5.78 Å². The Labute approximate surface area is 175 Å². The molecule has 30 heavy (non-hydrogen) atoms.